The highest BCUT2D eigenvalue weighted by atomic mass is 16.5. The van der Waals surface area contributed by atoms with E-state index in [1.807, 2.05) is 0 Å². The number of imidazole rings is 1. The molecule has 100 valence electrons. The molecule has 1 unspecified atom stereocenters. The third-order valence-corrected chi connectivity index (χ3v) is 4.12. The molecule has 0 bridgehead atoms. The zero-order valence-corrected chi connectivity index (χ0v) is 11.2. The number of hydrogen-bond acceptors (Lipinski definition) is 4. The normalized spacial score (nSPS) is 27.4. The van der Waals surface area contributed by atoms with E-state index in [2.05, 4.69) is 21.8 Å². The van der Waals surface area contributed by atoms with Crippen molar-refractivity contribution in [3.63, 3.8) is 0 Å². The first kappa shape index (κ1) is 12.1. The molecule has 0 amide bonds. The van der Waals surface area contributed by atoms with E-state index in [1.54, 1.807) is 7.11 Å². The molecule has 2 aliphatic heterocycles. The van der Waals surface area contributed by atoms with Crippen molar-refractivity contribution in [1.29, 1.82) is 0 Å². The van der Waals surface area contributed by atoms with Gasteiger partial charge in [-0.05, 0) is 6.92 Å². The van der Waals surface area contributed by atoms with Crippen LogP contribution in [0.25, 0.3) is 0 Å². The third-order valence-electron chi connectivity index (χ3n) is 4.12. The second kappa shape index (κ2) is 4.64. The zero-order chi connectivity index (χ0) is 12.6. The maximum atomic E-state index is 5.73. The van der Waals surface area contributed by atoms with Crippen LogP contribution in [0.2, 0.25) is 0 Å². The molecule has 0 spiro atoms. The summed E-state index contributed by atoms with van der Waals surface area (Å²) in [6, 6.07) is 0. The van der Waals surface area contributed by atoms with Gasteiger partial charge in [-0.25, -0.2) is 4.98 Å². The Morgan fingerprint density at radius 1 is 1.56 bits per heavy atom. The molecule has 0 aliphatic carbocycles. The minimum absolute atomic E-state index is 0.163. The number of hydrogen-bond donors (Lipinski definition) is 1. The fraction of sp³-hybridized carbons (Fsp3) is 0.769. The van der Waals surface area contributed by atoms with Gasteiger partial charge >= 0.3 is 0 Å². The van der Waals surface area contributed by atoms with Crippen LogP contribution in [-0.2, 0) is 29.0 Å². The Morgan fingerprint density at radius 3 is 3.17 bits per heavy atom. The minimum Gasteiger partial charge on any atom is -0.378 e. The molecule has 0 saturated carbocycles. The Balaban J connectivity index is 1.90. The number of nitrogens with one attached hydrogen (secondary N) is 1. The molecule has 1 fully saturated rings. The first-order chi connectivity index (χ1) is 8.74. The van der Waals surface area contributed by atoms with E-state index in [0.717, 1.165) is 44.9 Å². The largest absolute Gasteiger partial charge is 0.378 e. The molecule has 5 nitrogen and oxygen atoms in total. The number of rotatable bonds is 3. The molecule has 3 heterocycles. The van der Waals surface area contributed by atoms with Gasteiger partial charge in [-0.2, -0.15) is 0 Å². The van der Waals surface area contributed by atoms with Gasteiger partial charge in [-0.3, -0.25) is 0 Å². The smallest absolute Gasteiger partial charge is 0.111 e. The van der Waals surface area contributed by atoms with Crippen molar-refractivity contribution in [1.82, 2.24) is 14.9 Å². The monoisotopic (exact) mass is 251 g/mol. The second-order valence-electron chi connectivity index (χ2n) is 5.26. The fourth-order valence-corrected chi connectivity index (χ4v) is 2.94. The number of methoxy groups -OCH3 is 1. The Hall–Kier alpha value is -0.910. The van der Waals surface area contributed by atoms with Crippen molar-refractivity contribution in [3.05, 3.63) is 17.2 Å². The van der Waals surface area contributed by atoms with E-state index in [-0.39, 0.29) is 5.60 Å². The quantitative estimate of drug-likeness (QED) is 0.856. The predicted octanol–water partition coefficient (Wildman–Crippen LogP) is 0.643. The van der Waals surface area contributed by atoms with Crippen LogP contribution in [0.15, 0.2) is 0 Å². The maximum Gasteiger partial charge on any atom is 0.111 e. The lowest BCUT2D eigenvalue weighted by molar-refractivity contribution is -0.0303. The average molecular weight is 251 g/mol. The molecule has 1 atom stereocenters. The highest BCUT2D eigenvalue weighted by Crippen LogP contribution is 2.27. The summed E-state index contributed by atoms with van der Waals surface area (Å²) in [6.07, 6.45) is 2.02. The summed E-state index contributed by atoms with van der Waals surface area (Å²) < 4.78 is 13.6. The van der Waals surface area contributed by atoms with Gasteiger partial charge in [0.1, 0.15) is 11.4 Å². The van der Waals surface area contributed by atoms with Crippen LogP contribution in [-0.4, -0.2) is 42.0 Å². The highest BCUT2D eigenvalue weighted by Gasteiger charge is 2.36. The molecule has 3 rings (SSSR count). The molecule has 18 heavy (non-hydrogen) atoms. The molecular formula is C13H21N3O2. The van der Waals surface area contributed by atoms with Gasteiger partial charge < -0.3 is 19.4 Å². The summed E-state index contributed by atoms with van der Waals surface area (Å²) in [5, 5.41) is 3.37. The van der Waals surface area contributed by atoms with Crippen molar-refractivity contribution in [2.75, 3.05) is 26.9 Å². The Labute approximate surface area is 107 Å². The number of ether oxygens (including phenoxy) is 2. The topological polar surface area (TPSA) is 48.3 Å². The standard InChI is InChI=1S/C13H21N3O2/c1-10-15-11-7-14-5-3-12(11)16(10)8-13(17-2)4-6-18-9-13/h14H,3-9H2,1-2H3. The van der Waals surface area contributed by atoms with Gasteiger partial charge in [-0.1, -0.05) is 0 Å². The van der Waals surface area contributed by atoms with Gasteiger partial charge in [-0.15, -0.1) is 0 Å². The van der Waals surface area contributed by atoms with Gasteiger partial charge in [0, 0.05) is 45.3 Å². The molecule has 1 N–H and O–H groups in total. The van der Waals surface area contributed by atoms with Crippen LogP contribution in [0.3, 0.4) is 0 Å². The molecule has 1 saturated heterocycles. The highest BCUT2D eigenvalue weighted by molar-refractivity contribution is 5.20. The lowest BCUT2D eigenvalue weighted by atomic mass is 10.0. The summed E-state index contributed by atoms with van der Waals surface area (Å²) in [4.78, 5) is 4.66. The summed E-state index contributed by atoms with van der Waals surface area (Å²) in [5.41, 5.74) is 2.41. The molecule has 0 radical (unpaired) electrons. The number of aromatic nitrogens is 2. The van der Waals surface area contributed by atoms with Crippen molar-refractivity contribution in [3.8, 4) is 0 Å². The van der Waals surface area contributed by atoms with E-state index in [0.29, 0.717) is 6.61 Å². The van der Waals surface area contributed by atoms with Gasteiger partial charge in [0.15, 0.2) is 0 Å². The molecule has 2 aliphatic rings. The number of aryl methyl sites for hydroxylation is 1. The summed E-state index contributed by atoms with van der Waals surface area (Å²) in [5.74, 6) is 1.09. The van der Waals surface area contributed by atoms with Gasteiger partial charge in [0.25, 0.3) is 0 Å². The van der Waals surface area contributed by atoms with Crippen LogP contribution < -0.4 is 5.32 Å². The number of nitrogens with zero attached hydrogens (tertiary/aromatic N) is 2. The van der Waals surface area contributed by atoms with Crippen molar-refractivity contribution >= 4 is 0 Å². The van der Waals surface area contributed by atoms with Crippen molar-refractivity contribution in [2.24, 2.45) is 0 Å². The van der Waals surface area contributed by atoms with Crippen LogP contribution >= 0.6 is 0 Å². The first-order valence-corrected chi connectivity index (χ1v) is 6.63. The summed E-state index contributed by atoms with van der Waals surface area (Å²) >= 11 is 0. The SMILES string of the molecule is COC1(Cn2c(C)nc3c2CCNC3)CCOC1. The van der Waals surface area contributed by atoms with Crippen LogP contribution in [0.4, 0.5) is 0 Å². The minimum atomic E-state index is -0.163. The third kappa shape index (κ3) is 1.96. The van der Waals surface area contributed by atoms with Crippen molar-refractivity contribution in [2.45, 2.75) is 38.5 Å². The molecule has 1 aromatic rings. The molecule has 5 heteroatoms. The Morgan fingerprint density at radius 2 is 2.44 bits per heavy atom. The molecule has 1 aromatic heterocycles. The summed E-state index contributed by atoms with van der Waals surface area (Å²) in [7, 11) is 1.79. The fourth-order valence-electron chi connectivity index (χ4n) is 2.94. The van der Waals surface area contributed by atoms with Crippen LogP contribution in [0.1, 0.15) is 23.6 Å². The van der Waals surface area contributed by atoms with E-state index < -0.39 is 0 Å². The Bertz CT molecular complexity index is 436. The average Bonchev–Trinajstić information content (AvgIpc) is 2.97. The van der Waals surface area contributed by atoms with E-state index in [9.17, 15) is 0 Å². The lowest BCUT2D eigenvalue weighted by Crippen LogP contribution is -2.38. The second-order valence-corrected chi connectivity index (χ2v) is 5.26. The first-order valence-electron chi connectivity index (χ1n) is 6.63. The van der Waals surface area contributed by atoms with Gasteiger partial charge in [0.2, 0.25) is 0 Å². The van der Waals surface area contributed by atoms with E-state index in [1.165, 1.54) is 11.4 Å². The van der Waals surface area contributed by atoms with Crippen LogP contribution in [0.5, 0.6) is 0 Å². The lowest BCUT2D eigenvalue weighted by Gasteiger charge is -2.28. The molecule has 0 aromatic carbocycles. The summed E-state index contributed by atoms with van der Waals surface area (Å²) in [6.45, 7) is 6.35. The molecular weight excluding hydrogens is 230 g/mol. The van der Waals surface area contributed by atoms with Gasteiger partial charge in [0.05, 0.1) is 18.8 Å². The predicted molar refractivity (Wildman–Crippen MR) is 67.6 cm³/mol. The maximum absolute atomic E-state index is 5.73. The zero-order valence-electron chi connectivity index (χ0n) is 11.2. The van der Waals surface area contributed by atoms with Crippen LogP contribution in [0, 0.1) is 6.92 Å². The van der Waals surface area contributed by atoms with E-state index >= 15 is 0 Å². The van der Waals surface area contributed by atoms with Crippen molar-refractivity contribution < 1.29 is 9.47 Å². The number of fused-ring (bicyclic) bond motifs is 1. The van der Waals surface area contributed by atoms with E-state index in [4.69, 9.17) is 9.47 Å². The Kier molecular flexibility index (Phi) is 3.13.